The summed E-state index contributed by atoms with van der Waals surface area (Å²) >= 11 is 13.0. The van der Waals surface area contributed by atoms with E-state index in [-0.39, 0.29) is 13.0 Å². The third-order valence-electron chi connectivity index (χ3n) is 7.53. The molecule has 3 atom stereocenters. The van der Waals surface area contributed by atoms with Gasteiger partial charge in [-0.3, -0.25) is 4.79 Å². The molecule has 0 aliphatic carbocycles. The number of para-hydroxylation sites is 1. The summed E-state index contributed by atoms with van der Waals surface area (Å²) in [7, 11) is 0. The van der Waals surface area contributed by atoms with E-state index in [0.29, 0.717) is 26.9 Å². The lowest BCUT2D eigenvalue weighted by molar-refractivity contribution is -0.172. The average Bonchev–Trinajstić information content (AvgIpc) is 3.39. The molecule has 222 valence electrons. The highest BCUT2D eigenvalue weighted by atomic mass is 35.5. The first kappa shape index (κ1) is 29.6. The zero-order valence-corrected chi connectivity index (χ0v) is 24.8. The minimum absolute atomic E-state index is 0.113. The molecule has 0 saturated heterocycles. The van der Waals surface area contributed by atoms with E-state index in [2.05, 4.69) is 4.98 Å². The Kier molecular flexibility index (Phi) is 8.50. The number of hydrogen-bond acceptors (Lipinski definition) is 6. The summed E-state index contributed by atoms with van der Waals surface area (Å²) in [6.07, 6.45) is -0.928. The maximum absolute atomic E-state index is 14.1. The third-order valence-corrected chi connectivity index (χ3v) is 8.11. The lowest BCUT2D eigenvalue weighted by Gasteiger charge is -2.24. The van der Waals surface area contributed by atoms with Crippen molar-refractivity contribution in [1.82, 2.24) is 4.98 Å². The van der Waals surface area contributed by atoms with Gasteiger partial charge >= 0.3 is 11.9 Å². The molecule has 0 fully saturated rings. The van der Waals surface area contributed by atoms with E-state index in [1.165, 1.54) is 4.90 Å². The molecule has 1 aromatic heterocycles. The Morgan fingerprint density at radius 3 is 2.45 bits per heavy atom. The van der Waals surface area contributed by atoms with Crippen LogP contribution in [0.2, 0.25) is 10.0 Å². The Labute approximate surface area is 263 Å². The van der Waals surface area contributed by atoms with Crippen molar-refractivity contribution in [3.63, 3.8) is 0 Å². The normalized spacial score (nSPS) is 17.2. The maximum Gasteiger partial charge on any atom is 0.352 e. The van der Waals surface area contributed by atoms with Gasteiger partial charge in [0, 0.05) is 44.7 Å². The van der Waals surface area contributed by atoms with Crippen molar-refractivity contribution in [1.29, 1.82) is 0 Å². The molecule has 0 saturated carbocycles. The van der Waals surface area contributed by atoms with Crippen LogP contribution in [0, 0.1) is 0 Å². The highest BCUT2D eigenvalue weighted by Crippen LogP contribution is 2.42. The van der Waals surface area contributed by atoms with Gasteiger partial charge in [-0.15, -0.1) is 0 Å². The van der Waals surface area contributed by atoms with Crippen molar-refractivity contribution in [3.05, 3.63) is 136 Å². The minimum Gasteiger partial charge on any atom is -0.390 e. The molecule has 8 nitrogen and oxygen atoms in total. The highest BCUT2D eigenvalue weighted by molar-refractivity contribution is 6.31. The van der Waals surface area contributed by atoms with Gasteiger partial charge in [-0.2, -0.15) is 0 Å². The van der Waals surface area contributed by atoms with E-state index < -0.39 is 36.1 Å². The van der Waals surface area contributed by atoms with Gasteiger partial charge in [0.15, 0.2) is 0 Å². The van der Waals surface area contributed by atoms with Crippen LogP contribution in [0.4, 0.5) is 5.69 Å². The number of benzene rings is 4. The molecular formula is C34H27Cl2N3O5. The number of fused-ring (bicyclic) bond motifs is 2. The van der Waals surface area contributed by atoms with Crippen molar-refractivity contribution >= 4 is 57.6 Å². The molecule has 2 heterocycles. The zero-order valence-electron chi connectivity index (χ0n) is 23.3. The number of carbonyl (C=O) groups excluding carboxylic acids is 3. The number of halogens is 2. The maximum atomic E-state index is 14.1. The lowest BCUT2D eigenvalue weighted by atomic mass is 9.99. The summed E-state index contributed by atoms with van der Waals surface area (Å²) in [5, 5.41) is 1.66. The van der Waals surface area contributed by atoms with E-state index in [0.717, 1.165) is 22.0 Å². The van der Waals surface area contributed by atoms with Crippen LogP contribution >= 0.6 is 23.2 Å². The molecule has 2 unspecified atom stereocenters. The number of esters is 2. The van der Waals surface area contributed by atoms with Crippen LogP contribution in [0.3, 0.4) is 0 Å². The fourth-order valence-corrected chi connectivity index (χ4v) is 5.79. The fraction of sp³-hybridized carbons (Fsp3) is 0.147. The average molecular weight is 629 g/mol. The minimum atomic E-state index is -1.81. The second-order valence-corrected chi connectivity index (χ2v) is 11.3. The molecule has 1 amide bonds. The molecule has 5 aromatic rings. The standard InChI is InChI=1S/C34H27Cl2N3O5/c35-22-14-15-29-25(17-22)30(24-11-4-6-12-26(24)36)43-31(32(40)39(29)19-20-8-2-1-3-9-20)34(42)44-33(41)27(37)16-21-18-38-28-13-7-5-10-23(21)28/h1-15,17-18,27,30-31,38H,16,19,37H2/t27-,30?,31?/m0/s1. The second kappa shape index (κ2) is 12.6. The first-order valence-electron chi connectivity index (χ1n) is 13.9. The van der Waals surface area contributed by atoms with E-state index in [1.807, 2.05) is 54.6 Å². The smallest absolute Gasteiger partial charge is 0.352 e. The van der Waals surface area contributed by atoms with Gasteiger partial charge in [0.25, 0.3) is 5.91 Å². The van der Waals surface area contributed by atoms with E-state index in [1.54, 1.807) is 48.7 Å². The van der Waals surface area contributed by atoms with Crippen molar-refractivity contribution in [2.75, 3.05) is 4.90 Å². The third kappa shape index (κ3) is 5.98. The van der Waals surface area contributed by atoms with E-state index >= 15 is 0 Å². The quantitative estimate of drug-likeness (QED) is 0.166. The lowest BCUT2D eigenvalue weighted by Crippen LogP contribution is -2.46. The van der Waals surface area contributed by atoms with Gasteiger partial charge in [-0.05, 0) is 41.5 Å². The molecule has 0 spiro atoms. The second-order valence-electron chi connectivity index (χ2n) is 10.4. The number of amides is 1. The number of rotatable bonds is 7. The van der Waals surface area contributed by atoms with Gasteiger partial charge in [0.05, 0.1) is 12.2 Å². The van der Waals surface area contributed by atoms with Crippen LogP contribution in [-0.4, -0.2) is 35.0 Å². The van der Waals surface area contributed by atoms with Crippen LogP contribution in [-0.2, 0) is 36.8 Å². The molecule has 0 radical (unpaired) electrons. The van der Waals surface area contributed by atoms with Crippen LogP contribution in [0.5, 0.6) is 0 Å². The van der Waals surface area contributed by atoms with E-state index in [9.17, 15) is 14.4 Å². The topological polar surface area (TPSA) is 115 Å². The number of aromatic amines is 1. The largest absolute Gasteiger partial charge is 0.390 e. The summed E-state index contributed by atoms with van der Waals surface area (Å²) < 4.78 is 11.5. The summed E-state index contributed by atoms with van der Waals surface area (Å²) in [6.45, 7) is 0.116. The van der Waals surface area contributed by atoms with Crippen molar-refractivity contribution in [2.24, 2.45) is 5.73 Å². The van der Waals surface area contributed by atoms with Gasteiger partial charge in [0.1, 0.15) is 12.1 Å². The molecule has 6 rings (SSSR count). The first-order chi connectivity index (χ1) is 21.3. The molecule has 10 heteroatoms. The Balaban J connectivity index is 1.33. The summed E-state index contributed by atoms with van der Waals surface area (Å²) in [6, 6.07) is 27.7. The Morgan fingerprint density at radius 2 is 1.66 bits per heavy atom. The first-order valence-corrected chi connectivity index (χ1v) is 14.7. The van der Waals surface area contributed by atoms with Crippen LogP contribution in [0.1, 0.15) is 28.4 Å². The summed E-state index contributed by atoms with van der Waals surface area (Å²) in [5.41, 5.74) is 10.2. The summed E-state index contributed by atoms with van der Waals surface area (Å²) in [5.74, 6) is -2.87. The number of hydrogen-bond donors (Lipinski definition) is 2. The van der Waals surface area contributed by atoms with Gasteiger partial charge < -0.3 is 25.1 Å². The molecule has 0 bridgehead atoms. The van der Waals surface area contributed by atoms with Crippen LogP contribution in [0.15, 0.2) is 103 Å². The Morgan fingerprint density at radius 1 is 0.932 bits per heavy atom. The van der Waals surface area contributed by atoms with Crippen molar-refractivity contribution in [2.45, 2.75) is 31.2 Å². The Bertz CT molecular complexity index is 1860. The number of ether oxygens (including phenoxy) is 2. The molecule has 44 heavy (non-hydrogen) atoms. The number of anilines is 1. The predicted octanol–water partition coefficient (Wildman–Crippen LogP) is 6.14. The number of nitrogens with one attached hydrogen (secondary N) is 1. The summed E-state index contributed by atoms with van der Waals surface area (Å²) in [4.78, 5) is 45.4. The van der Waals surface area contributed by atoms with Gasteiger partial charge in [-0.25, -0.2) is 9.59 Å². The molecule has 4 aromatic carbocycles. The fourth-order valence-electron chi connectivity index (χ4n) is 5.37. The molecule has 1 aliphatic rings. The predicted molar refractivity (Wildman–Crippen MR) is 168 cm³/mol. The number of H-pyrrole nitrogens is 1. The monoisotopic (exact) mass is 627 g/mol. The molecule has 1 aliphatic heterocycles. The van der Waals surface area contributed by atoms with Crippen molar-refractivity contribution in [3.8, 4) is 0 Å². The van der Waals surface area contributed by atoms with Gasteiger partial charge in [-0.1, -0.05) is 89.9 Å². The molecular weight excluding hydrogens is 601 g/mol. The van der Waals surface area contributed by atoms with Crippen LogP contribution < -0.4 is 10.6 Å². The molecule has 3 N–H and O–H groups in total. The van der Waals surface area contributed by atoms with Crippen LogP contribution in [0.25, 0.3) is 10.9 Å². The zero-order chi connectivity index (χ0) is 30.8. The number of aromatic nitrogens is 1. The number of nitrogens with two attached hydrogens (primary N) is 1. The highest BCUT2D eigenvalue weighted by Gasteiger charge is 2.43. The van der Waals surface area contributed by atoms with E-state index in [4.69, 9.17) is 38.4 Å². The Hall–Kier alpha value is -4.47. The van der Waals surface area contributed by atoms with Gasteiger partial charge in [0.2, 0.25) is 6.10 Å². The SMILES string of the molecule is N[C@@H](Cc1c[nH]c2ccccc12)C(=O)OC(=O)C1OC(c2ccccc2Cl)c2cc(Cl)ccc2N(Cc2ccccc2)C1=O. The number of nitrogens with zero attached hydrogens (tertiary/aromatic N) is 1. The van der Waals surface area contributed by atoms with Crippen molar-refractivity contribution < 1.29 is 23.9 Å². The number of carbonyl (C=O) groups is 3.